The molecule has 0 aromatic carbocycles. The molecule has 0 spiro atoms. The molecular formula is C82H153NO13. The number of aliphatic hydroxyl groups excluding tert-OH is 8. The fourth-order valence-corrected chi connectivity index (χ4v) is 13.6. The van der Waals surface area contributed by atoms with Gasteiger partial charge < -0.3 is 65.1 Å². The van der Waals surface area contributed by atoms with Crippen molar-refractivity contribution < 1.29 is 64.6 Å². The van der Waals surface area contributed by atoms with Crippen LogP contribution < -0.4 is 5.32 Å². The summed E-state index contributed by atoms with van der Waals surface area (Å²) in [5, 5.41) is 87.8. The van der Waals surface area contributed by atoms with Gasteiger partial charge in [0.25, 0.3) is 0 Å². The van der Waals surface area contributed by atoms with Crippen molar-refractivity contribution in [3.05, 3.63) is 48.6 Å². The molecular weight excluding hydrogens is 1210 g/mol. The summed E-state index contributed by atoms with van der Waals surface area (Å²) in [6.45, 7) is 2.81. The number of allylic oxidation sites excluding steroid dienone is 8. The van der Waals surface area contributed by atoms with E-state index >= 15 is 0 Å². The molecule has 2 saturated heterocycles. The highest BCUT2D eigenvalue weighted by Gasteiger charge is 2.51. The van der Waals surface area contributed by atoms with Gasteiger partial charge in [-0.15, -0.1) is 0 Å². The van der Waals surface area contributed by atoms with Crippen molar-refractivity contribution in [2.24, 2.45) is 0 Å². The zero-order chi connectivity index (χ0) is 69.4. The Bertz CT molecular complexity index is 1800. The molecule has 0 aromatic rings. The lowest BCUT2D eigenvalue weighted by Crippen LogP contribution is -2.65. The van der Waals surface area contributed by atoms with Crippen LogP contribution in [0.4, 0.5) is 0 Å². The highest BCUT2D eigenvalue weighted by atomic mass is 16.7. The van der Waals surface area contributed by atoms with Gasteiger partial charge in [0.2, 0.25) is 5.91 Å². The standard InChI is InChI=1S/C82H153NO13/c1-3-5-7-9-11-13-15-17-19-21-23-25-26-27-28-29-30-31-32-33-34-35-36-37-38-39-40-41-42-43-44-46-48-50-52-54-56-58-60-62-64-66-74(87)83-70(71(86)65-63-61-59-57-55-53-51-49-47-45-24-22-20-18-16-14-12-10-8-6-4-2)69-93-81-79(92)77(90)80(73(68-85)95-81)96-82-78(91)76(89)75(88)72(67-84)94-82/h5,7,11,13,17,19,23,25,70-73,75-82,84-86,88-92H,3-4,6,8-10,12,14-16,18,20-22,24,26-69H2,1-2H3,(H,83,87)/b7-5-,13-11-,19-17-,25-23-. The topological polar surface area (TPSA) is 228 Å². The van der Waals surface area contributed by atoms with Crippen LogP contribution in [0.15, 0.2) is 48.6 Å². The van der Waals surface area contributed by atoms with Crippen molar-refractivity contribution in [1.82, 2.24) is 5.32 Å². The van der Waals surface area contributed by atoms with Crippen molar-refractivity contribution in [2.75, 3.05) is 19.8 Å². The summed E-state index contributed by atoms with van der Waals surface area (Å²) in [7, 11) is 0. The Morgan fingerprint density at radius 1 is 0.385 bits per heavy atom. The predicted molar refractivity (Wildman–Crippen MR) is 397 cm³/mol. The van der Waals surface area contributed by atoms with Crippen molar-refractivity contribution >= 4 is 5.91 Å². The third kappa shape index (κ3) is 48.7. The molecule has 2 heterocycles. The van der Waals surface area contributed by atoms with E-state index in [0.29, 0.717) is 12.8 Å². The molecule has 2 aliphatic heterocycles. The van der Waals surface area contributed by atoms with Crippen LogP contribution in [0.25, 0.3) is 0 Å². The van der Waals surface area contributed by atoms with Gasteiger partial charge in [-0.25, -0.2) is 0 Å². The molecule has 12 unspecified atom stereocenters. The lowest BCUT2D eigenvalue weighted by molar-refractivity contribution is -0.359. The fraction of sp³-hybridized carbons (Fsp3) is 0.890. The average Bonchev–Trinajstić information content (AvgIpc) is 0.807. The Hall–Kier alpha value is -2.05. The SMILES string of the molecule is CC/C=C\C/C=C\C/C=C\C/C=C\CCCCCCCCCCCCCCCCCCCCCCCCCCCCCCC(=O)NC(COC1OC(CO)C(OC2OC(CO)C(O)C(O)C2O)C(O)C1O)C(O)CCCCCCCCCCCCCCCCCCCCCCC. The van der Waals surface area contributed by atoms with Gasteiger partial charge in [0.1, 0.15) is 48.8 Å². The van der Waals surface area contributed by atoms with Crippen LogP contribution in [0.3, 0.4) is 0 Å². The number of hydrogen-bond acceptors (Lipinski definition) is 13. The summed E-state index contributed by atoms with van der Waals surface area (Å²) in [4.78, 5) is 13.4. The van der Waals surface area contributed by atoms with Crippen LogP contribution in [0.2, 0.25) is 0 Å². The Morgan fingerprint density at radius 2 is 0.719 bits per heavy atom. The largest absolute Gasteiger partial charge is 0.394 e. The van der Waals surface area contributed by atoms with Crippen molar-refractivity contribution in [1.29, 1.82) is 0 Å². The van der Waals surface area contributed by atoms with Gasteiger partial charge in [-0.05, 0) is 51.4 Å². The fourth-order valence-electron chi connectivity index (χ4n) is 13.6. The molecule has 12 atom stereocenters. The number of hydrogen-bond donors (Lipinski definition) is 9. The first-order valence-electron chi connectivity index (χ1n) is 40.9. The maximum absolute atomic E-state index is 13.4. The molecule has 2 rings (SSSR count). The van der Waals surface area contributed by atoms with Crippen LogP contribution >= 0.6 is 0 Å². The van der Waals surface area contributed by atoms with Crippen molar-refractivity contribution in [2.45, 2.75) is 447 Å². The van der Waals surface area contributed by atoms with E-state index < -0.39 is 86.8 Å². The van der Waals surface area contributed by atoms with E-state index in [1.165, 1.54) is 270 Å². The van der Waals surface area contributed by atoms with Gasteiger partial charge in [0, 0.05) is 6.42 Å². The van der Waals surface area contributed by atoms with E-state index in [2.05, 4.69) is 67.8 Å². The van der Waals surface area contributed by atoms with E-state index in [1.807, 2.05) is 0 Å². The molecule has 96 heavy (non-hydrogen) atoms. The number of unbranched alkanes of at least 4 members (excludes halogenated alkanes) is 48. The van der Waals surface area contributed by atoms with Gasteiger partial charge in [-0.3, -0.25) is 4.79 Å². The second-order valence-corrected chi connectivity index (χ2v) is 28.9. The van der Waals surface area contributed by atoms with E-state index in [-0.39, 0.29) is 12.5 Å². The molecule has 564 valence electrons. The number of aliphatic hydroxyl groups is 8. The van der Waals surface area contributed by atoms with Crippen molar-refractivity contribution in [3.63, 3.8) is 0 Å². The molecule has 2 fully saturated rings. The summed E-state index contributed by atoms with van der Waals surface area (Å²) in [5.74, 6) is -0.198. The minimum absolute atomic E-state index is 0.198. The lowest BCUT2D eigenvalue weighted by atomic mass is 9.97. The van der Waals surface area contributed by atoms with Gasteiger partial charge in [-0.1, -0.05) is 364 Å². The summed E-state index contributed by atoms with van der Waals surface area (Å²) < 4.78 is 23.0. The molecule has 0 aromatic heterocycles. The zero-order valence-electron chi connectivity index (χ0n) is 61.9. The maximum Gasteiger partial charge on any atom is 0.220 e. The molecule has 9 N–H and O–H groups in total. The smallest absolute Gasteiger partial charge is 0.220 e. The molecule has 14 heteroatoms. The molecule has 0 saturated carbocycles. The quantitative estimate of drug-likeness (QED) is 0.0204. The molecule has 2 aliphatic rings. The zero-order valence-corrected chi connectivity index (χ0v) is 61.9. The van der Waals surface area contributed by atoms with E-state index in [9.17, 15) is 45.6 Å². The molecule has 14 nitrogen and oxygen atoms in total. The van der Waals surface area contributed by atoms with Crippen LogP contribution in [0, 0.1) is 0 Å². The number of carbonyl (C=O) groups is 1. The molecule has 1 amide bonds. The minimum Gasteiger partial charge on any atom is -0.394 e. The summed E-state index contributed by atoms with van der Waals surface area (Å²) >= 11 is 0. The third-order valence-electron chi connectivity index (χ3n) is 20.1. The van der Waals surface area contributed by atoms with E-state index in [4.69, 9.17) is 18.9 Å². The van der Waals surface area contributed by atoms with Gasteiger partial charge in [0.05, 0.1) is 32.0 Å². The number of carbonyl (C=O) groups excluding carboxylic acids is 1. The van der Waals surface area contributed by atoms with Gasteiger partial charge in [0.15, 0.2) is 12.6 Å². The average molecular weight is 1360 g/mol. The number of amides is 1. The summed E-state index contributed by atoms with van der Waals surface area (Å²) in [5.41, 5.74) is 0. The summed E-state index contributed by atoms with van der Waals surface area (Å²) in [6, 6.07) is -0.828. The predicted octanol–water partition coefficient (Wildman–Crippen LogP) is 18.6. The minimum atomic E-state index is -1.78. The van der Waals surface area contributed by atoms with Crippen LogP contribution in [-0.4, -0.2) is 140 Å². The Labute approximate surface area is 588 Å². The number of rotatable bonds is 69. The van der Waals surface area contributed by atoms with Crippen LogP contribution in [0.1, 0.15) is 373 Å². The van der Waals surface area contributed by atoms with E-state index in [1.54, 1.807) is 0 Å². The second-order valence-electron chi connectivity index (χ2n) is 28.9. The van der Waals surface area contributed by atoms with Crippen molar-refractivity contribution in [3.8, 4) is 0 Å². The Morgan fingerprint density at radius 3 is 1.10 bits per heavy atom. The molecule has 0 bridgehead atoms. The van der Waals surface area contributed by atoms with Gasteiger partial charge >= 0.3 is 0 Å². The lowest BCUT2D eigenvalue weighted by Gasteiger charge is -2.46. The number of nitrogens with one attached hydrogen (secondary N) is 1. The maximum atomic E-state index is 13.4. The highest BCUT2D eigenvalue weighted by molar-refractivity contribution is 5.76. The summed E-state index contributed by atoms with van der Waals surface area (Å²) in [6.07, 6.45) is 71.7. The number of ether oxygens (including phenoxy) is 4. The Kier molecular flexibility index (Phi) is 62.1. The second kappa shape index (κ2) is 66.2. The monoisotopic (exact) mass is 1360 g/mol. The third-order valence-corrected chi connectivity index (χ3v) is 20.1. The highest BCUT2D eigenvalue weighted by Crippen LogP contribution is 2.30. The van der Waals surface area contributed by atoms with Gasteiger partial charge in [-0.2, -0.15) is 0 Å². The first-order valence-corrected chi connectivity index (χ1v) is 40.9. The normalized spacial score (nSPS) is 22.4. The first-order chi connectivity index (χ1) is 47.1. The molecule has 0 aliphatic carbocycles. The van der Waals surface area contributed by atoms with E-state index in [0.717, 1.165) is 77.0 Å². The van der Waals surface area contributed by atoms with Crippen LogP contribution in [0.5, 0.6) is 0 Å². The van der Waals surface area contributed by atoms with Crippen LogP contribution in [-0.2, 0) is 23.7 Å². The first kappa shape index (κ1) is 90.0. The molecule has 0 radical (unpaired) electrons. The Balaban J connectivity index is 1.54.